The standard InChI is InChI=1S/C16H12F3N3/c17-12-8-22(9-12)16-14(18)6-11(7-21-16)13-3-1-2-10(4-5-20)15(13)19/h1-3,6-7,12H,4,8-9H2. The lowest BCUT2D eigenvalue weighted by Gasteiger charge is -2.35. The van der Waals surface area contributed by atoms with Crippen LogP contribution in [0.4, 0.5) is 19.0 Å². The maximum atomic E-state index is 14.3. The molecule has 1 aromatic carbocycles. The summed E-state index contributed by atoms with van der Waals surface area (Å²) in [6.07, 6.45) is 0.346. The highest BCUT2D eigenvalue weighted by Crippen LogP contribution is 2.29. The summed E-state index contributed by atoms with van der Waals surface area (Å²) in [6.45, 7) is 0.241. The fraction of sp³-hybridized carbons (Fsp3) is 0.250. The Morgan fingerprint density at radius 1 is 1.32 bits per heavy atom. The molecule has 0 bridgehead atoms. The zero-order valence-electron chi connectivity index (χ0n) is 11.6. The Kier molecular flexibility index (Phi) is 3.72. The largest absolute Gasteiger partial charge is 0.348 e. The summed E-state index contributed by atoms with van der Waals surface area (Å²) < 4.78 is 41.2. The first kappa shape index (κ1) is 14.4. The molecule has 2 aromatic rings. The second-order valence-corrected chi connectivity index (χ2v) is 5.15. The van der Waals surface area contributed by atoms with Crippen molar-refractivity contribution < 1.29 is 13.2 Å². The number of anilines is 1. The molecule has 0 N–H and O–H groups in total. The molecule has 1 fully saturated rings. The normalized spacial score (nSPS) is 14.5. The Labute approximate surface area is 125 Å². The molecule has 0 spiro atoms. The SMILES string of the molecule is N#CCc1cccc(-c2cnc(N3CC(F)C3)c(F)c2)c1F. The van der Waals surface area contributed by atoms with Crippen LogP contribution >= 0.6 is 0 Å². The van der Waals surface area contributed by atoms with Crippen LogP contribution in [-0.2, 0) is 6.42 Å². The smallest absolute Gasteiger partial charge is 0.166 e. The summed E-state index contributed by atoms with van der Waals surface area (Å²) >= 11 is 0. The highest BCUT2D eigenvalue weighted by Gasteiger charge is 2.29. The lowest BCUT2D eigenvalue weighted by Crippen LogP contribution is -2.49. The second-order valence-electron chi connectivity index (χ2n) is 5.15. The van der Waals surface area contributed by atoms with Crippen LogP contribution in [0.2, 0.25) is 0 Å². The first-order chi connectivity index (χ1) is 10.6. The molecule has 0 atom stereocenters. The summed E-state index contributed by atoms with van der Waals surface area (Å²) in [5.41, 5.74) is 0.737. The Morgan fingerprint density at radius 2 is 2.09 bits per heavy atom. The van der Waals surface area contributed by atoms with Gasteiger partial charge in [0.15, 0.2) is 11.6 Å². The first-order valence-electron chi connectivity index (χ1n) is 6.79. The minimum atomic E-state index is -0.957. The average molecular weight is 303 g/mol. The van der Waals surface area contributed by atoms with Gasteiger partial charge < -0.3 is 4.90 Å². The van der Waals surface area contributed by atoms with E-state index < -0.39 is 17.8 Å². The van der Waals surface area contributed by atoms with E-state index in [0.29, 0.717) is 0 Å². The van der Waals surface area contributed by atoms with Gasteiger partial charge in [-0.25, -0.2) is 18.2 Å². The van der Waals surface area contributed by atoms with Crippen molar-refractivity contribution >= 4 is 5.82 Å². The molecule has 1 aliphatic heterocycles. The molecule has 0 amide bonds. The zero-order chi connectivity index (χ0) is 15.7. The predicted molar refractivity (Wildman–Crippen MR) is 76.0 cm³/mol. The van der Waals surface area contributed by atoms with Crippen LogP contribution in [0.5, 0.6) is 0 Å². The van der Waals surface area contributed by atoms with Gasteiger partial charge in [0.1, 0.15) is 12.0 Å². The molecule has 0 saturated carbocycles. The van der Waals surface area contributed by atoms with Crippen LogP contribution in [0, 0.1) is 23.0 Å². The van der Waals surface area contributed by atoms with Gasteiger partial charge in [0, 0.05) is 22.9 Å². The first-order valence-corrected chi connectivity index (χ1v) is 6.79. The van der Waals surface area contributed by atoms with E-state index in [1.165, 1.54) is 29.3 Å². The van der Waals surface area contributed by atoms with E-state index in [0.717, 1.165) is 0 Å². The molecular formula is C16H12F3N3. The Hall–Kier alpha value is -2.55. The summed E-state index contributed by atoms with van der Waals surface area (Å²) in [7, 11) is 0. The van der Waals surface area contributed by atoms with E-state index in [-0.39, 0.29) is 42.0 Å². The van der Waals surface area contributed by atoms with E-state index >= 15 is 0 Å². The van der Waals surface area contributed by atoms with Crippen molar-refractivity contribution in [1.82, 2.24) is 4.98 Å². The molecular weight excluding hydrogens is 291 g/mol. The van der Waals surface area contributed by atoms with Crippen molar-refractivity contribution in [2.45, 2.75) is 12.6 Å². The monoisotopic (exact) mass is 303 g/mol. The lowest BCUT2D eigenvalue weighted by atomic mass is 10.0. The van der Waals surface area contributed by atoms with Crippen molar-refractivity contribution in [3.63, 3.8) is 0 Å². The number of nitrogens with zero attached hydrogens (tertiary/aromatic N) is 3. The third-order valence-electron chi connectivity index (χ3n) is 3.62. The Bertz CT molecular complexity index is 749. The number of aromatic nitrogens is 1. The predicted octanol–water partition coefficient (Wildman–Crippen LogP) is 3.25. The molecule has 2 heterocycles. The number of hydrogen-bond acceptors (Lipinski definition) is 3. The number of halogens is 3. The molecule has 6 heteroatoms. The summed E-state index contributed by atoms with van der Waals surface area (Å²) in [6, 6.07) is 7.70. The third-order valence-corrected chi connectivity index (χ3v) is 3.62. The van der Waals surface area contributed by atoms with E-state index in [4.69, 9.17) is 5.26 Å². The summed E-state index contributed by atoms with van der Waals surface area (Å²) in [4.78, 5) is 5.47. The van der Waals surface area contributed by atoms with Crippen LogP contribution in [0.15, 0.2) is 30.5 Å². The number of rotatable bonds is 3. The molecule has 3 rings (SSSR count). The van der Waals surface area contributed by atoms with Crippen LogP contribution in [0.25, 0.3) is 11.1 Å². The fourth-order valence-electron chi connectivity index (χ4n) is 2.43. The minimum Gasteiger partial charge on any atom is -0.348 e. The van der Waals surface area contributed by atoms with Crippen molar-refractivity contribution in [1.29, 1.82) is 5.26 Å². The van der Waals surface area contributed by atoms with Crippen LogP contribution in [0.3, 0.4) is 0 Å². The van der Waals surface area contributed by atoms with Gasteiger partial charge >= 0.3 is 0 Å². The van der Waals surface area contributed by atoms with Crippen molar-refractivity contribution in [3.05, 3.63) is 47.7 Å². The Morgan fingerprint density at radius 3 is 2.73 bits per heavy atom. The van der Waals surface area contributed by atoms with Gasteiger partial charge in [-0.2, -0.15) is 5.26 Å². The number of benzene rings is 1. The highest BCUT2D eigenvalue weighted by molar-refractivity contribution is 5.66. The fourth-order valence-corrected chi connectivity index (χ4v) is 2.43. The van der Waals surface area contributed by atoms with E-state index in [1.807, 2.05) is 6.07 Å². The molecule has 1 saturated heterocycles. The zero-order valence-corrected chi connectivity index (χ0v) is 11.6. The van der Waals surface area contributed by atoms with Gasteiger partial charge in [0.25, 0.3) is 0 Å². The number of hydrogen-bond donors (Lipinski definition) is 0. The third kappa shape index (κ3) is 2.50. The molecule has 0 radical (unpaired) electrons. The van der Waals surface area contributed by atoms with Crippen LogP contribution < -0.4 is 4.90 Å². The summed E-state index contributed by atoms with van der Waals surface area (Å²) in [5, 5.41) is 8.68. The number of alkyl halides is 1. The lowest BCUT2D eigenvalue weighted by molar-refractivity contribution is 0.271. The van der Waals surface area contributed by atoms with Gasteiger partial charge in [-0.3, -0.25) is 0 Å². The summed E-state index contributed by atoms with van der Waals surface area (Å²) in [5.74, 6) is -1.09. The molecule has 0 aliphatic carbocycles. The van der Waals surface area contributed by atoms with Gasteiger partial charge in [-0.05, 0) is 6.07 Å². The molecule has 1 aromatic heterocycles. The number of pyridine rings is 1. The maximum Gasteiger partial charge on any atom is 0.166 e. The van der Waals surface area contributed by atoms with Crippen molar-refractivity contribution in [3.8, 4) is 17.2 Å². The average Bonchev–Trinajstić information content (AvgIpc) is 2.47. The van der Waals surface area contributed by atoms with E-state index in [1.54, 1.807) is 6.07 Å². The maximum absolute atomic E-state index is 14.3. The molecule has 22 heavy (non-hydrogen) atoms. The van der Waals surface area contributed by atoms with Gasteiger partial charge in [-0.15, -0.1) is 0 Å². The van der Waals surface area contributed by atoms with E-state index in [9.17, 15) is 13.2 Å². The van der Waals surface area contributed by atoms with E-state index in [2.05, 4.69) is 4.98 Å². The highest BCUT2D eigenvalue weighted by atomic mass is 19.1. The van der Waals surface area contributed by atoms with Gasteiger partial charge in [0.2, 0.25) is 0 Å². The Balaban J connectivity index is 1.95. The van der Waals surface area contributed by atoms with Gasteiger partial charge in [0.05, 0.1) is 25.6 Å². The topological polar surface area (TPSA) is 39.9 Å². The van der Waals surface area contributed by atoms with Crippen LogP contribution in [-0.4, -0.2) is 24.2 Å². The molecule has 3 nitrogen and oxygen atoms in total. The number of nitriles is 1. The van der Waals surface area contributed by atoms with Crippen molar-refractivity contribution in [2.24, 2.45) is 0 Å². The van der Waals surface area contributed by atoms with Gasteiger partial charge in [-0.1, -0.05) is 18.2 Å². The second kappa shape index (κ2) is 5.68. The molecule has 0 unspecified atom stereocenters. The quantitative estimate of drug-likeness (QED) is 0.874. The molecule has 112 valence electrons. The van der Waals surface area contributed by atoms with Crippen molar-refractivity contribution in [2.75, 3.05) is 18.0 Å². The molecule has 1 aliphatic rings. The minimum absolute atomic E-state index is 0.0562. The van der Waals surface area contributed by atoms with Crippen LogP contribution in [0.1, 0.15) is 5.56 Å².